The van der Waals surface area contributed by atoms with E-state index in [2.05, 4.69) is 58.4 Å². The van der Waals surface area contributed by atoms with Gasteiger partial charge in [-0.05, 0) is 23.8 Å². The summed E-state index contributed by atoms with van der Waals surface area (Å²) < 4.78 is 12.0. The largest absolute Gasteiger partial charge is 0.457 e. The molecule has 0 saturated carbocycles. The lowest BCUT2D eigenvalue weighted by atomic mass is 10.2. The van der Waals surface area contributed by atoms with Crippen molar-refractivity contribution in [3.63, 3.8) is 0 Å². The Morgan fingerprint density at radius 2 is 1.32 bits per heavy atom. The van der Waals surface area contributed by atoms with E-state index < -0.39 is 0 Å². The summed E-state index contributed by atoms with van der Waals surface area (Å²) >= 11 is 0. The van der Waals surface area contributed by atoms with Gasteiger partial charge in [0.25, 0.3) is 0 Å². The molecule has 182 valence electrons. The Morgan fingerprint density at radius 1 is 0.706 bits per heavy atom. The normalized spacial score (nSPS) is 14.4. The van der Waals surface area contributed by atoms with Crippen molar-refractivity contribution in [1.82, 2.24) is 9.80 Å². The highest BCUT2D eigenvalue weighted by Crippen LogP contribution is 2.25. The second-order valence-corrected chi connectivity index (χ2v) is 8.03. The van der Waals surface area contributed by atoms with Crippen LogP contribution in [-0.4, -0.2) is 55.7 Å². The molecule has 4 rings (SSSR count). The third-order valence-electron chi connectivity index (χ3n) is 5.69. The summed E-state index contributed by atoms with van der Waals surface area (Å²) in [6, 6.07) is 28.5. The molecule has 0 radical (unpaired) electrons. The molecule has 3 aromatic rings. The van der Waals surface area contributed by atoms with Crippen LogP contribution in [0.5, 0.6) is 11.5 Å². The topological polar surface area (TPSA) is 24.9 Å². The van der Waals surface area contributed by atoms with Crippen molar-refractivity contribution in [2.24, 2.45) is 0 Å². The number of halogens is 2. The van der Waals surface area contributed by atoms with Crippen LogP contribution in [0.1, 0.15) is 11.1 Å². The van der Waals surface area contributed by atoms with Gasteiger partial charge >= 0.3 is 0 Å². The van der Waals surface area contributed by atoms with Crippen LogP contribution >= 0.6 is 24.8 Å². The molecule has 3 aromatic carbocycles. The quantitative estimate of drug-likeness (QED) is 0.310. The molecule has 1 aliphatic rings. The molecule has 0 N–H and O–H groups in total. The lowest BCUT2D eigenvalue weighted by Gasteiger charge is -2.34. The van der Waals surface area contributed by atoms with Gasteiger partial charge in [0.1, 0.15) is 11.5 Å². The molecule has 0 amide bonds. The Morgan fingerprint density at radius 3 is 2.06 bits per heavy atom. The van der Waals surface area contributed by atoms with Crippen molar-refractivity contribution in [3.05, 3.63) is 102 Å². The minimum absolute atomic E-state index is 0. The average Bonchev–Trinajstić information content (AvgIpc) is 2.85. The first kappa shape index (κ1) is 27.9. The maximum absolute atomic E-state index is 6.03. The number of ether oxygens (including phenoxy) is 2. The first-order chi connectivity index (χ1) is 15.9. The van der Waals surface area contributed by atoms with E-state index >= 15 is 0 Å². The van der Waals surface area contributed by atoms with E-state index in [-0.39, 0.29) is 24.8 Å². The Hall–Kier alpha value is -2.34. The van der Waals surface area contributed by atoms with Crippen LogP contribution in [0.2, 0.25) is 0 Å². The molecule has 1 heterocycles. The van der Waals surface area contributed by atoms with Gasteiger partial charge in [0.2, 0.25) is 0 Å². The molecule has 0 unspecified atom stereocenters. The van der Waals surface area contributed by atoms with Gasteiger partial charge in [-0.25, -0.2) is 0 Å². The van der Waals surface area contributed by atoms with E-state index in [0.717, 1.165) is 62.9 Å². The van der Waals surface area contributed by atoms with Crippen molar-refractivity contribution in [2.45, 2.75) is 6.61 Å². The molecule has 0 aliphatic carbocycles. The van der Waals surface area contributed by atoms with E-state index in [9.17, 15) is 0 Å². The van der Waals surface area contributed by atoms with Crippen LogP contribution in [0, 0.1) is 0 Å². The number of piperazine rings is 1. The molecular formula is C28H34Cl2N2O2. The first-order valence-electron chi connectivity index (χ1n) is 11.4. The fourth-order valence-corrected chi connectivity index (χ4v) is 3.81. The molecule has 34 heavy (non-hydrogen) atoms. The Kier molecular flexibility index (Phi) is 12.8. The minimum Gasteiger partial charge on any atom is -0.457 e. The third kappa shape index (κ3) is 9.13. The summed E-state index contributed by atoms with van der Waals surface area (Å²) in [5.41, 5.74) is 2.34. The summed E-state index contributed by atoms with van der Waals surface area (Å²) in [5, 5.41) is 0. The highest BCUT2D eigenvalue weighted by Gasteiger charge is 2.15. The molecular weight excluding hydrogens is 467 g/mol. The first-order valence-corrected chi connectivity index (χ1v) is 11.4. The fraction of sp³-hybridized carbons (Fsp3) is 0.286. The van der Waals surface area contributed by atoms with Crippen LogP contribution in [0.4, 0.5) is 0 Å². The molecule has 1 aliphatic heterocycles. The van der Waals surface area contributed by atoms with E-state index in [1.54, 1.807) is 0 Å². The van der Waals surface area contributed by atoms with Crippen molar-refractivity contribution < 1.29 is 9.47 Å². The molecule has 0 atom stereocenters. The van der Waals surface area contributed by atoms with Crippen molar-refractivity contribution >= 4 is 30.9 Å². The summed E-state index contributed by atoms with van der Waals surface area (Å²) in [5.74, 6) is 1.70. The smallest absolute Gasteiger partial charge is 0.132 e. The second-order valence-electron chi connectivity index (χ2n) is 8.03. The predicted molar refractivity (Wildman–Crippen MR) is 145 cm³/mol. The number of benzene rings is 3. The second kappa shape index (κ2) is 15.5. The van der Waals surface area contributed by atoms with Gasteiger partial charge in [-0.2, -0.15) is 0 Å². The number of para-hydroxylation sites is 2. The van der Waals surface area contributed by atoms with E-state index in [4.69, 9.17) is 9.47 Å². The molecule has 0 spiro atoms. The lowest BCUT2D eigenvalue weighted by Crippen LogP contribution is -2.47. The molecule has 0 aromatic heterocycles. The van der Waals surface area contributed by atoms with Crippen LogP contribution in [0.15, 0.2) is 91.0 Å². The molecule has 4 nitrogen and oxygen atoms in total. The predicted octanol–water partition coefficient (Wildman–Crippen LogP) is 6.17. The fourth-order valence-electron chi connectivity index (χ4n) is 3.81. The van der Waals surface area contributed by atoms with Crippen LogP contribution in [-0.2, 0) is 11.3 Å². The molecule has 1 saturated heterocycles. The summed E-state index contributed by atoms with van der Waals surface area (Å²) in [7, 11) is 0. The van der Waals surface area contributed by atoms with Crippen molar-refractivity contribution in [1.29, 1.82) is 0 Å². The molecule has 1 fully saturated rings. The van der Waals surface area contributed by atoms with E-state index in [1.165, 1.54) is 5.56 Å². The van der Waals surface area contributed by atoms with Gasteiger partial charge in [-0.1, -0.05) is 78.9 Å². The van der Waals surface area contributed by atoms with Crippen molar-refractivity contribution in [2.75, 3.05) is 45.9 Å². The number of hydrogen-bond donors (Lipinski definition) is 0. The van der Waals surface area contributed by atoms with Crippen LogP contribution in [0.3, 0.4) is 0 Å². The van der Waals surface area contributed by atoms with E-state index in [0.29, 0.717) is 6.61 Å². The van der Waals surface area contributed by atoms with Gasteiger partial charge in [-0.3, -0.25) is 9.80 Å². The van der Waals surface area contributed by atoms with Gasteiger partial charge in [0, 0.05) is 44.8 Å². The average molecular weight is 501 g/mol. The Labute approximate surface area is 216 Å². The highest BCUT2D eigenvalue weighted by molar-refractivity contribution is 5.85. The monoisotopic (exact) mass is 500 g/mol. The molecule has 0 bridgehead atoms. The maximum atomic E-state index is 6.03. The van der Waals surface area contributed by atoms with Gasteiger partial charge < -0.3 is 9.47 Å². The summed E-state index contributed by atoms with van der Waals surface area (Å²) in [6.07, 6.45) is 4.47. The van der Waals surface area contributed by atoms with Gasteiger partial charge in [0.15, 0.2) is 0 Å². The number of nitrogens with zero attached hydrogens (tertiary/aromatic N) is 2. The zero-order valence-corrected chi connectivity index (χ0v) is 21.1. The Bertz CT molecular complexity index is 962. The van der Waals surface area contributed by atoms with E-state index in [1.807, 2.05) is 48.5 Å². The summed E-state index contributed by atoms with van der Waals surface area (Å²) in [4.78, 5) is 5.00. The Balaban J connectivity index is 0.00000204. The SMILES string of the molecule is C(=C\c1ccccc1)/CN1CCN(CCOCc2ccccc2Oc2ccccc2)CC1.Cl.Cl. The maximum Gasteiger partial charge on any atom is 0.132 e. The number of hydrogen-bond acceptors (Lipinski definition) is 4. The minimum atomic E-state index is 0. The van der Waals surface area contributed by atoms with Gasteiger partial charge in [0.05, 0.1) is 13.2 Å². The number of rotatable bonds is 10. The van der Waals surface area contributed by atoms with Crippen LogP contribution in [0.25, 0.3) is 6.08 Å². The molecule has 6 heteroatoms. The third-order valence-corrected chi connectivity index (χ3v) is 5.69. The van der Waals surface area contributed by atoms with Crippen LogP contribution < -0.4 is 4.74 Å². The standard InChI is InChI=1S/C28H32N2O2.2ClH/c1-3-10-25(11-4-1)12-9-17-29-18-20-30(21-19-29)22-23-31-24-26-13-7-8-16-28(26)32-27-14-5-2-6-15-27;;/h1-16H,17-24H2;2*1H/b12-9+;;. The van der Waals surface area contributed by atoms with Crippen molar-refractivity contribution in [3.8, 4) is 11.5 Å². The van der Waals surface area contributed by atoms with Gasteiger partial charge in [-0.15, -0.1) is 24.8 Å². The zero-order valence-electron chi connectivity index (χ0n) is 19.4. The summed E-state index contributed by atoms with van der Waals surface area (Å²) in [6.45, 7) is 7.67. The highest BCUT2D eigenvalue weighted by atomic mass is 35.5. The zero-order chi connectivity index (χ0) is 21.8. The lowest BCUT2D eigenvalue weighted by molar-refractivity contribution is 0.0704.